The Morgan fingerprint density at radius 3 is 2.34 bits per heavy atom. The normalized spacial score (nSPS) is 11.2. The summed E-state index contributed by atoms with van der Waals surface area (Å²) in [6.07, 6.45) is 1.67. The second-order valence-corrected chi connectivity index (χ2v) is 7.60. The van der Waals surface area contributed by atoms with Crippen molar-refractivity contribution in [1.82, 2.24) is 14.5 Å². The first-order valence-electron chi connectivity index (χ1n) is 9.19. The van der Waals surface area contributed by atoms with Crippen LogP contribution >= 0.6 is 11.8 Å². The zero-order chi connectivity index (χ0) is 23.2. The van der Waals surface area contributed by atoms with E-state index < -0.39 is 40.2 Å². The van der Waals surface area contributed by atoms with Gasteiger partial charge in [0.15, 0.2) is 10.8 Å². The molecule has 2 aromatic heterocycles. The number of thioether (sulfide) groups is 1. The van der Waals surface area contributed by atoms with E-state index in [-0.39, 0.29) is 21.9 Å². The number of carbonyl (C=O) groups is 1. The first-order chi connectivity index (χ1) is 15.2. The Balaban J connectivity index is 2.26. The van der Waals surface area contributed by atoms with E-state index in [2.05, 4.69) is 9.97 Å². The third-order valence-electron chi connectivity index (χ3n) is 4.86. The van der Waals surface area contributed by atoms with Crippen LogP contribution in [0.4, 0.5) is 13.2 Å². The molecule has 0 saturated carbocycles. The summed E-state index contributed by atoms with van der Waals surface area (Å²) in [6, 6.07) is 8.02. The maximum absolute atomic E-state index is 14.7. The van der Waals surface area contributed by atoms with E-state index in [4.69, 9.17) is 0 Å². The molecule has 0 fully saturated rings. The van der Waals surface area contributed by atoms with Gasteiger partial charge in [0.25, 0.3) is 5.56 Å². The van der Waals surface area contributed by atoms with E-state index in [0.717, 1.165) is 36.0 Å². The summed E-state index contributed by atoms with van der Waals surface area (Å²) in [4.78, 5) is 33.5. The van der Waals surface area contributed by atoms with Crippen LogP contribution in [-0.4, -0.2) is 31.9 Å². The van der Waals surface area contributed by atoms with E-state index in [0.29, 0.717) is 15.7 Å². The predicted molar refractivity (Wildman–Crippen MR) is 114 cm³/mol. The summed E-state index contributed by atoms with van der Waals surface area (Å²) in [5.41, 5.74) is -1.67. The number of benzene rings is 2. The van der Waals surface area contributed by atoms with Crippen LogP contribution in [0.15, 0.2) is 52.4 Å². The highest BCUT2D eigenvalue weighted by Gasteiger charge is 2.24. The number of rotatable bonds is 4. The summed E-state index contributed by atoms with van der Waals surface area (Å²) in [6.45, 7) is 1.63. The second kappa shape index (κ2) is 8.12. The van der Waals surface area contributed by atoms with Gasteiger partial charge in [-0.15, -0.1) is 0 Å². The van der Waals surface area contributed by atoms with Crippen LogP contribution < -0.4 is 5.56 Å². The van der Waals surface area contributed by atoms with E-state index in [1.54, 1.807) is 13.2 Å². The Kier molecular flexibility index (Phi) is 5.47. The van der Waals surface area contributed by atoms with E-state index in [9.17, 15) is 27.9 Å². The number of hydrogen-bond acceptors (Lipinski definition) is 5. The lowest BCUT2D eigenvalue weighted by atomic mass is 10.0. The van der Waals surface area contributed by atoms with Gasteiger partial charge < -0.3 is 5.11 Å². The van der Waals surface area contributed by atoms with Crippen molar-refractivity contribution in [3.05, 3.63) is 81.4 Å². The molecule has 0 spiro atoms. The van der Waals surface area contributed by atoms with Crippen molar-refractivity contribution in [2.75, 3.05) is 6.26 Å². The largest absolute Gasteiger partial charge is 0.477 e. The average Bonchev–Trinajstić information content (AvgIpc) is 2.74. The van der Waals surface area contributed by atoms with Gasteiger partial charge in [0, 0.05) is 10.9 Å². The number of nitrogens with zero attached hydrogens (tertiary/aromatic N) is 3. The van der Waals surface area contributed by atoms with E-state index >= 15 is 0 Å². The van der Waals surface area contributed by atoms with Crippen molar-refractivity contribution < 1.29 is 23.1 Å². The summed E-state index contributed by atoms with van der Waals surface area (Å²) in [5.74, 6) is -4.20. The number of aryl methyl sites for hydroxylation is 1. The third kappa shape index (κ3) is 3.52. The summed E-state index contributed by atoms with van der Waals surface area (Å²) in [7, 11) is 0. The molecule has 0 saturated heterocycles. The van der Waals surface area contributed by atoms with E-state index in [1.165, 1.54) is 18.2 Å². The highest BCUT2D eigenvalue weighted by atomic mass is 32.2. The first kappa shape index (κ1) is 21.6. The lowest BCUT2D eigenvalue weighted by Gasteiger charge is -2.16. The molecule has 6 nitrogen and oxygen atoms in total. The van der Waals surface area contributed by atoms with Crippen LogP contribution in [0.1, 0.15) is 15.9 Å². The highest BCUT2D eigenvalue weighted by Crippen LogP contribution is 2.32. The Hall–Kier alpha value is -3.66. The number of pyridine rings is 1. The molecular formula is C22H14F3N3O3S. The Morgan fingerprint density at radius 2 is 1.75 bits per heavy atom. The lowest BCUT2D eigenvalue weighted by Crippen LogP contribution is -2.28. The van der Waals surface area contributed by atoms with Crippen LogP contribution in [0.25, 0.3) is 28.0 Å². The maximum atomic E-state index is 14.7. The third-order valence-corrected chi connectivity index (χ3v) is 5.40. The van der Waals surface area contributed by atoms with Crippen molar-refractivity contribution in [2.24, 2.45) is 0 Å². The van der Waals surface area contributed by atoms with Crippen LogP contribution in [-0.2, 0) is 0 Å². The lowest BCUT2D eigenvalue weighted by molar-refractivity contribution is 0.0694. The van der Waals surface area contributed by atoms with Gasteiger partial charge in [-0.3, -0.25) is 9.36 Å². The molecule has 0 atom stereocenters. The summed E-state index contributed by atoms with van der Waals surface area (Å²) < 4.78 is 43.6. The molecule has 162 valence electrons. The van der Waals surface area contributed by atoms with Crippen LogP contribution in [0, 0.1) is 24.4 Å². The maximum Gasteiger partial charge on any atom is 0.341 e. The van der Waals surface area contributed by atoms with Gasteiger partial charge in [0.05, 0.1) is 5.69 Å². The number of aromatic nitrogens is 3. The van der Waals surface area contributed by atoms with Gasteiger partial charge >= 0.3 is 5.97 Å². The summed E-state index contributed by atoms with van der Waals surface area (Å²) >= 11 is 1.11. The monoisotopic (exact) mass is 457 g/mol. The number of carboxylic acids is 1. The Bertz CT molecular complexity index is 1450. The minimum atomic E-state index is -1.59. The fourth-order valence-electron chi connectivity index (χ4n) is 3.42. The van der Waals surface area contributed by atoms with Crippen molar-refractivity contribution in [3.8, 4) is 16.9 Å². The van der Waals surface area contributed by atoms with Crippen LogP contribution in [0.3, 0.4) is 0 Å². The minimum Gasteiger partial charge on any atom is -0.477 e. The average molecular weight is 457 g/mol. The fraction of sp³-hybridized carbons (Fsp3) is 0.0909. The molecule has 4 rings (SSSR count). The molecule has 2 heterocycles. The molecule has 0 unspecified atom stereocenters. The van der Waals surface area contributed by atoms with Gasteiger partial charge in [-0.2, -0.15) is 0 Å². The van der Waals surface area contributed by atoms with Gasteiger partial charge in [0.2, 0.25) is 0 Å². The van der Waals surface area contributed by atoms with Crippen molar-refractivity contribution >= 4 is 28.8 Å². The second-order valence-electron chi connectivity index (χ2n) is 6.83. The van der Waals surface area contributed by atoms with Gasteiger partial charge in [0.1, 0.15) is 28.7 Å². The highest BCUT2D eigenvalue weighted by molar-refractivity contribution is 7.98. The molecule has 0 bridgehead atoms. The molecule has 1 N–H and O–H groups in total. The van der Waals surface area contributed by atoms with Crippen LogP contribution in [0.2, 0.25) is 0 Å². The van der Waals surface area contributed by atoms with Gasteiger partial charge in [-0.05, 0) is 55.1 Å². The minimum absolute atomic E-state index is 0.0668. The van der Waals surface area contributed by atoms with Gasteiger partial charge in [-0.25, -0.2) is 27.9 Å². The molecule has 0 aliphatic rings. The quantitative estimate of drug-likeness (QED) is 0.356. The Morgan fingerprint density at radius 1 is 1.06 bits per heavy atom. The summed E-state index contributed by atoms with van der Waals surface area (Å²) in [5, 5.41) is 9.83. The number of para-hydroxylation sites is 1. The van der Waals surface area contributed by atoms with Crippen molar-refractivity contribution in [3.63, 3.8) is 0 Å². The number of hydrogen-bond donors (Lipinski definition) is 1. The topological polar surface area (TPSA) is 85.1 Å². The SMILES string of the molecule is CSc1nc(-c2ccc(F)cc2C)c2cc(C(=O)O)c(=O)n(-c3c(F)cccc3F)c2n1. The molecule has 10 heteroatoms. The molecule has 0 amide bonds. The number of halogens is 3. The van der Waals surface area contributed by atoms with E-state index in [1.807, 2.05) is 0 Å². The molecule has 0 aliphatic heterocycles. The smallest absolute Gasteiger partial charge is 0.341 e. The van der Waals surface area contributed by atoms with Crippen molar-refractivity contribution in [2.45, 2.75) is 12.1 Å². The molecular weight excluding hydrogens is 443 g/mol. The predicted octanol–water partition coefficient (Wildman–Crippen LogP) is 4.59. The number of aromatic carboxylic acids is 1. The Labute approximate surface area is 183 Å². The van der Waals surface area contributed by atoms with Gasteiger partial charge in [-0.1, -0.05) is 17.8 Å². The van der Waals surface area contributed by atoms with Crippen molar-refractivity contribution in [1.29, 1.82) is 0 Å². The fourth-order valence-corrected chi connectivity index (χ4v) is 3.78. The number of fused-ring (bicyclic) bond motifs is 1. The zero-order valence-electron chi connectivity index (χ0n) is 16.7. The van der Waals surface area contributed by atoms with Crippen LogP contribution in [0.5, 0.6) is 0 Å². The standard InChI is InChI=1S/C22H14F3N3O3S/c1-10-8-11(23)6-7-12(10)17-13-9-14(21(30)31)20(29)28(19(13)27-22(26-17)32-2)18-15(24)4-3-5-16(18)25/h3-9H,1-2H3,(H,30,31). The zero-order valence-corrected chi connectivity index (χ0v) is 17.5. The molecule has 2 aromatic carbocycles. The molecule has 4 aromatic rings. The number of carboxylic acid groups (broad SMARTS) is 1. The molecule has 0 aliphatic carbocycles. The molecule has 0 radical (unpaired) electrons. The molecule has 32 heavy (non-hydrogen) atoms. The first-order valence-corrected chi connectivity index (χ1v) is 10.4.